The van der Waals surface area contributed by atoms with Crippen LogP contribution in [0, 0.1) is 23.7 Å². The Balaban J connectivity index is 2.78. The zero-order valence-corrected chi connectivity index (χ0v) is 12.9. The second-order valence-electron chi connectivity index (χ2n) is 5.06. The summed E-state index contributed by atoms with van der Waals surface area (Å²) in [5.74, 6) is 5.94. The van der Waals surface area contributed by atoms with E-state index in [0.717, 1.165) is 0 Å². The van der Waals surface area contributed by atoms with Crippen molar-refractivity contribution in [2.45, 2.75) is 25.7 Å². The summed E-state index contributed by atoms with van der Waals surface area (Å²) in [6, 6.07) is 6.29. The molecule has 1 aromatic carbocycles. The minimum Gasteiger partial charge on any atom is -0.384 e. The lowest BCUT2D eigenvalue weighted by Gasteiger charge is -2.16. The van der Waals surface area contributed by atoms with E-state index in [-0.39, 0.29) is 17.4 Å². The van der Waals surface area contributed by atoms with E-state index >= 15 is 0 Å². The van der Waals surface area contributed by atoms with E-state index in [2.05, 4.69) is 30.4 Å². The van der Waals surface area contributed by atoms with Gasteiger partial charge in [0.25, 0.3) is 0 Å². The van der Waals surface area contributed by atoms with Crippen LogP contribution in [0.25, 0.3) is 0 Å². The zero-order chi connectivity index (χ0) is 15.2. The summed E-state index contributed by atoms with van der Waals surface area (Å²) >= 11 is 0. The first-order valence-corrected chi connectivity index (χ1v) is 8.04. The van der Waals surface area contributed by atoms with Crippen LogP contribution in [0.3, 0.4) is 0 Å². The maximum Gasteiger partial charge on any atom is 0.240 e. The van der Waals surface area contributed by atoms with Gasteiger partial charge in [-0.1, -0.05) is 32.6 Å². The van der Waals surface area contributed by atoms with Crippen molar-refractivity contribution in [3.63, 3.8) is 0 Å². The summed E-state index contributed by atoms with van der Waals surface area (Å²) in [6.07, 6.45) is 0. The van der Waals surface area contributed by atoms with Gasteiger partial charge < -0.3 is 5.11 Å². The van der Waals surface area contributed by atoms with Crippen LogP contribution in [0.4, 0.5) is 0 Å². The highest BCUT2D eigenvalue weighted by atomic mass is 32.2. The van der Waals surface area contributed by atoms with Crippen molar-refractivity contribution in [3.05, 3.63) is 29.8 Å². The molecular formula is C15H21NO3S. The highest BCUT2D eigenvalue weighted by molar-refractivity contribution is 7.89. The van der Waals surface area contributed by atoms with Crippen molar-refractivity contribution in [2.75, 3.05) is 13.2 Å². The molecule has 2 N–H and O–H groups in total. The van der Waals surface area contributed by atoms with E-state index < -0.39 is 10.0 Å². The minimum absolute atomic E-state index is 0.214. The Morgan fingerprint density at radius 1 is 1.20 bits per heavy atom. The van der Waals surface area contributed by atoms with Gasteiger partial charge in [-0.2, -0.15) is 0 Å². The standard InChI is InChI=1S/C15H21NO3S/c1-12(2)13(3)11-16-20(18,19)15-8-6-14(7-9-15)5-4-10-17/h6-9,12-13,16-17H,10-11H2,1-3H3. The van der Waals surface area contributed by atoms with E-state index in [9.17, 15) is 8.42 Å². The Labute approximate surface area is 121 Å². The van der Waals surface area contributed by atoms with Crippen LogP contribution in [-0.2, 0) is 10.0 Å². The predicted molar refractivity (Wildman–Crippen MR) is 79.6 cm³/mol. The molecule has 5 heteroatoms. The van der Waals surface area contributed by atoms with Crippen LogP contribution in [0.2, 0.25) is 0 Å². The second-order valence-corrected chi connectivity index (χ2v) is 6.82. The number of aliphatic hydroxyl groups is 1. The van der Waals surface area contributed by atoms with Gasteiger partial charge in [-0.05, 0) is 36.1 Å². The number of hydrogen-bond acceptors (Lipinski definition) is 3. The van der Waals surface area contributed by atoms with E-state index in [1.165, 1.54) is 12.1 Å². The van der Waals surface area contributed by atoms with E-state index in [4.69, 9.17) is 5.11 Å². The Hall–Kier alpha value is -1.35. The maximum atomic E-state index is 12.1. The zero-order valence-electron chi connectivity index (χ0n) is 12.1. The lowest BCUT2D eigenvalue weighted by atomic mass is 9.99. The first-order valence-electron chi connectivity index (χ1n) is 6.56. The molecule has 0 aromatic heterocycles. The number of aliphatic hydroxyl groups excluding tert-OH is 1. The second kappa shape index (κ2) is 7.44. The van der Waals surface area contributed by atoms with Gasteiger partial charge in [0.05, 0.1) is 4.90 Å². The average molecular weight is 295 g/mol. The van der Waals surface area contributed by atoms with Crippen molar-refractivity contribution in [2.24, 2.45) is 11.8 Å². The molecule has 20 heavy (non-hydrogen) atoms. The lowest BCUT2D eigenvalue weighted by Crippen LogP contribution is -2.30. The quantitative estimate of drug-likeness (QED) is 0.811. The lowest BCUT2D eigenvalue weighted by molar-refractivity contribution is 0.350. The summed E-state index contributed by atoms with van der Waals surface area (Å²) in [5.41, 5.74) is 0.675. The summed E-state index contributed by atoms with van der Waals surface area (Å²) in [7, 11) is -3.47. The topological polar surface area (TPSA) is 66.4 Å². The van der Waals surface area contributed by atoms with Crippen molar-refractivity contribution >= 4 is 10.0 Å². The van der Waals surface area contributed by atoms with Crippen LogP contribution in [0.1, 0.15) is 26.3 Å². The van der Waals surface area contributed by atoms with E-state index in [1.807, 2.05) is 6.92 Å². The molecule has 0 aliphatic carbocycles. The molecule has 1 rings (SSSR count). The largest absolute Gasteiger partial charge is 0.384 e. The highest BCUT2D eigenvalue weighted by Crippen LogP contribution is 2.12. The fourth-order valence-electron chi connectivity index (χ4n) is 1.42. The van der Waals surface area contributed by atoms with Crippen molar-refractivity contribution in [1.29, 1.82) is 0 Å². The molecular weight excluding hydrogens is 274 g/mol. The van der Waals surface area contributed by atoms with Gasteiger partial charge in [0, 0.05) is 12.1 Å². The Kier molecular flexibility index (Phi) is 6.21. The molecule has 1 unspecified atom stereocenters. The SMILES string of the molecule is CC(C)C(C)CNS(=O)(=O)c1ccc(C#CCO)cc1. The summed E-state index contributed by atoms with van der Waals surface area (Å²) in [6.45, 7) is 6.35. The molecule has 4 nitrogen and oxygen atoms in total. The third-order valence-corrected chi connectivity index (χ3v) is 4.65. The maximum absolute atomic E-state index is 12.1. The molecule has 0 saturated carbocycles. The molecule has 0 heterocycles. The van der Waals surface area contributed by atoms with Gasteiger partial charge in [0.2, 0.25) is 10.0 Å². The van der Waals surface area contributed by atoms with Crippen molar-refractivity contribution in [3.8, 4) is 11.8 Å². The van der Waals surface area contributed by atoms with Crippen molar-refractivity contribution < 1.29 is 13.5 Å². The van der Waals surface area contributed by atoms with Crippen LogP contribution < -0.4 is 4.72 Å². The number of sulfonamides is 1. The van der Waals surface area contributed by atoms with Gasteiger partial charge in [0.1, 0.15) is 6.61 Å². The number of rotatable bonds is 5. The van der Waals surface area contributed by atoms with E-state index in [1.54, 1.807) is 12.1 Å². The van der Waals surface area contributed by atoms with Crippen LogP contribution in [-0.4, -0.2) is 26.7 Å². The summed E-state index contributed by atoms with van der Waals surface area (Å²) in [5, 5.41) is 8.60. The predicted octanol–water partition coefficient (Wildman–Crippen LogP) is 1.60. The minimum atomic E-state index is -3.47. The normalized spacial score (nSPS) is 12.8. The molecule has 0 spiro atoms. The number of nitrogens with one attached hydrogen (secondary N) is 1. The van der Waals surface area contributed by atoms with Crippen LogP contribution in [0.5, 0.6) is 0 Å². The third-order valence-electron chi connectivity index (χ3n) is 3.21. The van der Waals surface area contributed by atoms with Gasteiger partial charge in [-0.15, -0.1) is 0 Å². The van der Waals surface area contributed by atoms with Crippen LogP contribution >= 0.6 is 0 Å². The molecule has 110 valence electrons. The Morgan fingerprint density at radius 3 is 2.30 bits per heavy atom. The molecule has 0 fully saturated rings. The first-order chi connectivity index (χ1) is 9.36. The molecule has 0 bridgehead atoms. The fraction of sp³-hybridized carbons (Fsp3) is 0.467. The number of hydrogen-bond donors (Lipinski definition) is 2. The van der Waals surface area contributed by atoms with Gasteiger partial charge in [-0.25, -0.2) is 13.1 Å². The molecule has 0 saturated heterocycles. The fourth-order valence-corrected chi connectivity index (χ4v) is 2.56. The van der Waals surface area contributed by atoms with Gasteiger partial charge in [-0.3, -0.25) is 0 Å². The summed E-state index contributed by atoms with van der Waals surface area (Å²) in [4.78, 5) is 0.225. The van der Waals surface area contributed by atoms with Gasteiger partial charge >= 0.3 is 0 Å². The van der Waals surface area contributed by atoms with Crippen LogP contribution in [0.15, 0.2) is 29.2 Å². The van der Waals surface area contributed by atoms with E-state index in [0.29, 0.717) is 18.0 Å². The monoisotopic (exact) mass is 295 g/mol. The Bertz CT molecular complexity index is 580. The Morgan fingerprint density at radius 2 is 1.80 bits per heavy atom. The molecule has 1 atom stereocenters. The molecule has 0 aliphatic heterocycles. The average Bonchev–Trinajstić information content (AvgIpc) is 2.43. The molecule has 1 aromatic rings. The first kappa shape index (κ1) is 16.7. The smallest absolute Gasteiger partial charge is 0.240 e. The van der Waals surface area contributed by atoms with Gasteiger partial charge in [0.15, 0.2) is 0 Å². The van der Waals surface area contributed by atoms with Crippen molar-refractivity contribution in [1.82, 2.24) is 4.72 Å². The molecule has 0 amide bonds. The molecule has 0 radical (unpaired) electrons. The molecule has 0 aliphatic rings. The summed E-state index contributed by atoms with van der Waals surface area (Å²) < 4.78 is 26.8. The number of benzene rings is 1. The highest BCUT2D eigenvalue weighted by Gasteiger charge is 2.16. The third kappa shape index (κ3) is 4.97.